The van der Waals surface area contributed by atoms with Crippen molar-refractivity contribution in [2.45, 2.75) is 39.5 Å². The van der Waals surface area contributed by atoms with Crippen LogP contribution in [0.5, 0.6) is 0 Å². The van der Waals surface area contributed by atoms with Gasteiger partial charge in [-0.05, 0) is 24.9 Å². The molecule has 20 heavy (non-hydrogen) atoms. The van der Waals surface area contributed by atoms with Crippen LogP contribution in [0.1, 0.15) is 26.0 Å². The van der Waals surface area contributed by atoms with Crippen LogP contribution in [0.25, 0.3) is 0 Å². The van der Waals surface area contributed by atoms with E-state index >= 15 is 0 Å². The molecule has 0 spiro atoms. The zero-order chi connectivity index (χ0) is 15.0. The lowest BCUT2D eigenvalue weighted by Crippen LogP contribution is -2.19. The maximum Gasteiger partial charge on any atom is 0.411 e. The molecule has 0 amide bonds. The molecule has 1 aromatic rings. The van der Waals surface area contributed by atoms with Gasteiger partial charge in [0.15, 0.2) is 0 Å². The van der Waals surface area contributed by atoms with Crippen molar-refractivity contribution in [1.29, 1.82) is 0 Å². The Hall–Kier alpha value is -1.08. The Morgan fingerprint density at radius 1 is 1.40 bits per heavy atom. The van der Waals surface area contributed by atoms with Crippen LogP contribution in [-0.4, -0.2) is 35.7 Å². The van der Waals surface area contributed by atoms with Gasteiger partial charge in [-0.1, -0.05) is 13.8 Å². The molecule has 0 saturated carbocycles. The monoisotopic (exact) mass is 293 g/mol. The molecule has 1 rings (SSSR count). The van der Waals surface area contributed by atoms with Gasteiger partial charge in [-0.2, -0.15) is 18.3 Å². The molecular formula is C13H22F3N3O. The molecule has 0 atom stereocenters. The van der Waals surface area contributed by atoms with Crippen molar-refractivity contribution in [2.75, 3.05) is 19.8 Å². The molecule has 1 heterocycles. The summed E-state index contributed by atoms with van der Waals surface area (Å²) in [5, 5.41) is 7.61. The van der Waals surface area contributed by atoms with Crippen molar-refractivity contribution in [2.24, 2.45) is 5.92 Å². The minimum atomic E-state index is -4.25. The summed E-state index contributed by atoms with van der Waals surface area (Å²) >= 11 is 0. The summed E-state index contributed by atoms with van der Waals surface area (Å²) < 4.78 is 41.8. The number of nitrogens with zero attached hydrogens (tertiary/aromatic N) is 2. The van der Waals surface area contributed by atoms with Crippen LogP contribution in [0.15, 0.2) is 12.3 Å². The van der Waals surface area contributed by atoms with Gasteiger partial charge < -0.3 is 10.1 Å². The Morgan fingerprint density at radius 2 is 2.15 bits per heavy atom. The van der Waals surface area contributed by atoms with Crippen molar-refractivity contribution in [3.63, 3.8) is 0 Å². The highest BCUT2D eigenvalue weighted by Gasteiger charge is 2.27. The molecule has 0 bridgehead atoms. The second kappa shape index (κ2) is 8.26. The third-order valence-corrected chi connectivity index (χ3v) is 2.50. The number of aromatic nitrogens is 2. The minimum Gasteiger partial charge on any atom is -0.372 e. The van der Waals surface area contributed by atoms with E-state index < -0.39 is 12.8 Å². The third kappa shape index (κ3) is 8.16. The average Bonchev–Trinajstić information content (AvgIpc) is 2.74. The zero-order valence-corrected chi connectivity index (χ0v) is 11.9. The lowest BCUT2D eigenvalue weighted by atomic mass is 10.2. The summed E-state index contributed by atoms with van der Waals surface area (Å²) in [4.78, 5) is 0. The molecule has 7 heteroatoms. The SMILES string of the molecule is CC(C)CNCc1ccn(CCCOCC(F)(F)F)n1. The number of halogens is 3. The van der Waals surface area contributed by atoms with Gasteiger partial charge in [-0.3, -0.25) is 4.68 Å². The maximum absolute atomic E-state index is 11.8. The van der Waals surface area contributed by atoms with Crippen LogP contribution in [0.3, 0.4) is 0 Å². The van der Waals surface area contributed by atoms with E-state index in [2.05, 4.69) is 29.0 Å². The fourth-order valence-corrected chi connectivity index (χ4v) is 1.63. The largest absolute Gasteiger partial charge is 0.411 e. The van der Waals surface area contributed by atoms with E-state index in [0.717, 1.165) is 12.2 Å². The van der Waals surface area contributed by atoms with Gasteiger partial charge in [-0.15, -0.1) is 0 Å². The van der Waals surface area contributed by atoms with Gasteiger partial charge in [0, 0.05) is 25.9 Å². The molecule has 1 N–H and O–H groups in total. The Labute approximate surface area is 117 Å². The summed E-state index contributed by atoms with van der Waals surface area (Å²) in [6.45, 7) is 5.35. The third-order valence-electron chi connectivity index (χ3n) is 2.50. The molecule has 0 aromatic carbocycles. The summed E-state index contributed by atoms with van der Waals surface area (Å²) in [5.74, 6) is 0.586. The first kappa shape index (κ1) is 17.0. The first-order valence-electron chi connectivity index (χ1n) is 6.74. The van der Waals surface area contributed by atoms with Crippen molar-refractivity contribution in [1.82, 2.24) is 15.1 Å². The van der Waals surface area contributed by atoms with Crippen LogP contribution in [0.4, 0.5) is 13.2 Å². The van der Waals surface area contributed by atoms with E-state index in [0.29, 0.717) is 25.4 Å². The van der Waals surface area contributed by atoms with Gasteiger partial charge >= 0.3 is 6.18 Å². The van der Waals surface area contributed by atoms with Crippen molar-refractivity contribution in [3.8, 4) is 0 Å². The predicted molar refractivity (Wildman–Crippen MR) is 70.3 cm³/mol. The first-order chi connectivity index (χ1) is 9.37. The number of alkyl halides is 3. The molecule has 0 aliphatic rings. The molecular weight excluding hydrogens is 271 g/mol. The lowest BCUT2D eigenvalue weighted by Gasteiger charge is -2.07. The molecule has 0 aliphatic carbocycles. The highest BCUT2D eigenvalue weighted by atomic mass is 19.4. The Kier molecular flexibility index (Phi) is 7.01. The quantitative estimate of drug-likeness (QED) is 0.711. The van der Waals surface area contributed by atoms with Crippen LogP contribution in [0, 0.1) is 5.92 Å². The molecule has 0 aliphatic heterocycles. The molecule has 1 aromatic heterocycles. The summed E-state index contributed by atoms with van der Waals surface area (Å²) in [6.07, 6.45) is -1.91. The predicted octanol–water partition coefficient (Wildman–Crippen LogP) is 2.60. The molecule has 116 valence electrons. The van der Waals surface area contributed by atoms with Crippen LogP contribution in [0.2, 0.25) is 0 Å². The Bertz CT molecular complexity index is 377. The fraction of sp³-hybridized carbons (Fsp3) is 0.769. The van der Waals surface area contributed by atoms with Crippen molar-refractivity contribution in [3.05, 3.63) is 18.0 Å². The van der Waals surface area contributed by atoms with Gasteiger partial charge in [0.2, 0.25) is 0 Å². The summed E-state index contributed by atoms with van der Waals surface area (Å²) in [6, 6.07) is 1.91. The van der Waals surface area contributed by atoms with Crippen LogP contribution >= 0.6 is 0 Å². The maximum atomic E-state index is 11.8. The molecule has 0 fully saturated rings. The standard InChI is InChI=1S/C13H22F3N3O/c1-11(2)8-17-9-12-4-6-19(18-12)5-3-7-20-10-13(14,15)16/h4,6,11,17H,3,5,7-10H2,1-2H3. The molecule has 0 radical (unpaired) electrons. The van der Waals surface area contributed by atoms with Gasteiger partial charge in [0.25, 0.3) is 0 Å². The van der Waals surface area contributed by atoms with E-state index in [-0.39, 0.29) is 6.61 Å². The number of nitrogens with one attached hydrogen (secondary N) is 1. The number of hydrogen-bond donors (Lipinski definition) is 1. The fourth-order valence-electron chi connectivity index (χ4n) is 1.63. The van der Waals surface area contributed by atoms with E-state index in [1.54, 1.807) is 4.68 Å². The van der Waals surface area contributed by atoms with Crippen molar-refractivity contribution >= 4 is 0 Å². The first-order valence-corrected chi connectivity index (χ1v) is 6.74. The topological polar surface area (TPSA) is 39.1 Å². The number of rotatable bonds is 9. The molecule has 0 saturated heterocycles. The second-order valence-electron chi connectivity index (χ2n) is 5.12. The van der Waals surface area contributed by atoms with E-state index in [1.807, 2.05) is 12.3 Å². The Balaban J connectivity index is 2.14. The van der Waals surface area contributed by atoms with Gasteiger partial charge in [-0.25, -0.2) is 0 Å². The highest BCUT2D eigenvalue weighted by Crippen LogP contribution is 2.14. The average molecular weight is 293 g/mol. The van der Waals surface area contributed by atoms with E-state index in [4.69, 9.17) is 0 Å². The second-order valence-corrected chi connectivity index (χ2v) is 5.12. The van der Waals surface area contributed by atoms with E-state index in [1.165, 1.54) is 0 Å². The number of aryl methyl sites for hydroxylation is 1. The summed E-state index contributed by atoms with van der Waals surface area (Å²) in [7, 11) is 0. The molecule has 0 unspecified atom stereocenters. The van der Waals surface area contributed by atoms with Gasteiger partial charge in [0.1, 0.15) is 6.61 Å². The molecule has 4 nitrogen and oxygen atoms in total. The minimum absolute atomic E-state index is 0.0836. The highest BCUT2D eigenvalue weighted by molar-refractivity contribution is 4.98. The van der Waals surface area contributed by atoms with E-state index in [9.17, 15) is 13.2 Å². The lowest BCUT2D eigenvalue weighted by molar-refractivity contribution is -0.174. The summed E-state index contributed by atoms with van der Waals surface area (Å²) in [5.41, 5.74) is 0.932. The number of hydrogen-bond acceptors (Lipinski definition) is 3. The zero-order valence-electron chi connectivity index (χ0n) is 11.9. The normalized spacial score (nSPS) is 12.3. The smallest absolute Gasteiger partial charge is 0.372 e. The van der Waals surface area contributed by atoms with Crippen LogP contribution in [-0.2, 0) is 17.8 Å². The van der Waals surface area contributed by atoms with Gasteiger partial charge in [0.05, 0.1) is 5.69 Å². The van der Waals surface area contributed by atoms with Crippen molar-refractivity contribution < 1.29 is 17.9 Å². The Morgan fingerprint density at radius 3 is 2.80 bits per heavy atom. The number of ether oxygens (including phenoxy) is 1. The van der Waals surface area contributed by atoms with Crippen LogP contribution < -0.4 is 5.32 Å².